The lowest BCUT2D eigenvalue weighted by molar-refractivity contribution is 0.212. The van der Waals surface area contributed by atoms with Gasteiger partial charge in [0, 0.05) is 11.6 Å². The van der Waals surface area contributed by atoms with Gasteiger partial charge in [0.2, 0.25) is 0 Å². The van der Waals surface area contributed by atoms with E-state index in [0.717, 1.165) is 31.2 Å². The summed E-state index contributed by atoms with van der Waals surface area (Å²) in [5.41, 5.74) is 2.63. The molecular formula is C18H28N2O. The van der Waals surface area contributed by atoms with Crippen LogP contribution in [0.3, 0.4) is 0 Å². The minimum atomic E-state index is 0.460. The molecule has 2 heterocycles. The summed E-state index contributed by atoms with van der Waals surface area (Å²) in [7, 11) is 2.23. The minimum Gasteiger partial charge on any atom is -0.493 e. The molecule has 0 aromatic heterocycles. The Morgan fingerprint density at radius 1 is 1.24 bits per heavy atom. The summed E-state index contributed by atoms with van der Waals surface area (Å²) >= 11 is 0. The molecule has 1 fully saturated rings. The van der Waals surface area contributed by atoms with Crippen molar-refractivity contribution in [3.05, 3.63) is 29.3 Å². The van der Waals surface area contributed by atoms with Gasteiger partial charge in [0.15, 0.2) is 0 Å². The van der Waals surface area contributed by atoms with E-state index in [1.807, 2.05) is 0 Å². The number of para-hydroxylation sites is 1. The van der Waals surface area contributed by atoms with Crippen molar-refractivity contribution in [2.75, 3.05) is 33.3 Å². The molecule has 3 rings (SSSR count). The van der Waals surface area contributed by atoms with Gasteiger partial charge in [0.1, 0.15) is 5.75 Å². The number of nitrogens with zero attached hydrogens (tertiary/aromatic N) is 1. The summed E-state index contributed by atoms with van der Waals surface area (Å²) in [5.74, 6) is 1.95. The first-order valence-electron chi connectivity index (χ1n) is 8.38. The number of ether oxygens (including phenoxy) is 1. The van der Waals surface area contributed by atoms with Crippen molar-refractivity contribution >= 4 is 0 Å². The Hall–Kier alpha value is -1.06. The third-order valence-electron chi connectivity index (χ3n) is 4.99. The maximum atomic E-state index is 5.97. The molecule has 1 atom stereocenters. The highest BCUT2D eigenvalue weighted by atomic mass is 16.5. The van der Waals surface area contributed by atoms with Crippen LogP contribution in [-0.2, 0) is 0 Å². The monoisotopic (exact) mass is 288 g/mol. The smallest absolute Gasteiger partial charge is 0.126 e. The molecule has 2 aliphatic rings. The summed E-state index contributed by atoms with van der Waals surface area (Å²) in [6.07, 6.45) is 4.98. The van der Waals surface area contributed by atoms with E-state index in [9.17, 15) is 0 Å². The molecule has 2 aliphatic heterocycles. The molecule has 1 aromatic carbocycles. The fourth-order valence-corrected chi connectivity index (χ4v) is 3.55. The fourth-order valence-electron chi connectivity index (χ4n) is 3.55. The van der Waals surface area contributed by atoms with E-state index in [-0.39, 0.29) is 0 Å². The maximum Gasteiger partial charge on any atom is 0.126 e. The van der Waals surface area contributed by atoms with Crippen molar-refractivity contribution in [1.29, 1.82) is 0 Å². The van der Waals surface area contributed by atoms with Crippen LogP contribution in [0.5, 0.6) is 5.75 Å². The fraction of sp³-hybridized carbons (Fsp3) is 0.667. The van der Waals surface area contributed by atoms with E-state index in [0.29, 0.717) is 6.04 Å². The highest BCUT2D eigenvalue weighted by Crippen LogP contribution is 2.34. The third-order valence-corrected chi connectivity index (χ3v) is 4.99. The molecule has 0 spiro atoms. The Morgan fingerprint density at radius 2 is 2.05 bits per heavy atom. The molecule has 0 bridgehead atoms. The lowest BCUT2D eigenvalue weighted by Gasteiger charge is -2.30. The van der Waals surface area contributed by atoms with Crippen molar-refractivity contribution in [3.63, 3.8) is 0 Å². The third kappa shape index (κ3) is 3.58. The van der Waals surface area contributed by atoms with Gasteiger partial charge in [-0.2, -0.15) is 0 Å². The summed E-state index contributed by atoms with van der Waals surface area (Å²) in [5, 5.41) is 3.83. The molecule has 3 heteroatoms. The first-order valence-corrected chi connectivity index (χ1v) is 8.38. The summed E-state index contributed by atoms with van der Waals surface area (Å²) in [6.45, 7) is 6.64. The summed E-state index contributed by atoms with van der Waals surface area (Å²) in [6, 6.07) is 7.01. The molecule has 21 heavy (non-hydrogen) atoms. The van der Waals surface area contributed by atoms with Crippen LogP contribution in [0.25, 0.3) is 0 Å². The van der Waals surface area contributed by atoms with E-state index < -0.39 is 0 Å². The molecule has 1 aromatic rings. The Bertz CT molecular complexity index is 466. The van der Waals surface area contributed by atoms with E-state index in [1.54, 1.807) is 0 Å². The highest BCUT2D eigenvalue weighted by molar-refractivity contribution is 5.43. The molecule has 0 aliphatic carbocycles. The quantitative estimate of drug-likeness (QED) is 0.925. The van der Waals surface area contributed by atoms with Gasteiger partial charge in [-0.25, -0.2) is 0 Å². The van der Waals surface area contributed by atoms with E-state index in [2.05, 4.69) is 42.4 Å². The topological polar surface area (TPSA) is 24.5 Å². The zero-order valence-electron chi connectivity index (χ0n) is 13.4. The van der Waals surface area contributed by atoms with Crippen LogP contribution < -0.4 is 10.1 Å². The van der Waals surface area contributed by atoms with Crippen molar-refractivity contribution in [2.45, 2.75) is 38.6 Å². The van der Waals surface area contributed by atoms with Crippen LogP contribution >= 0.6 is 0 Å². The largest absolute Gasteiger partial charge is 0.493 e. The lowest BCUT2D eigenvalue weighted by atomic mass is 9.95. The number of benzene rings is 1. The molecule has 1 saturated heterocycles. The molecule has 3 nitrogen and oxygen atoms in total. The van der Waals surface area contributed by atoms with Gasteiger partial charge in [0.25, 0.3) is 0 Å². The van der Waals surface area contributed by atoms with Crippen LogP contribution in [0, 0.1) is 12.8 Å². The Morgan fingerprint density at radius 3 is 2.86 bits per heavy atom. The minimum absolute atomic E-state index is 0.460. The highest BCUT2D eigenvalue weighted by Gasteiger charge is 2.23. The Labute approximate surface area is 128 Å². The molecule has 0 saturated carbocycles. The van der Waals surface area contributed by atoms with E-state index in [1.165, 1.54) is 43.5 Å². The number of aryl methyl sites for hydroxylation is 1. The maximum absolute atomic E-state index is 5.97. The average molecular weight is 288 g/mol. The average Bonchev–Trinajstić information content (AvgIpc) is 2.70. The SMILES string of the molecule is Cc1cccc2c1OCCCC2NCC1CCN(C)CC1. The predicted molar refractivity (Wildman–Crippen MR) is 86.9 cm³/mol. The van der Waals surface area contributed by atoms with Crippen LogP contribution in [0.2, 0.25) is 0 Å². The van der Waals surface area contributed by atoms with Crippen molar-refractivity contribution in [3.8, 4) is 5.75 Å². The van der Waals surface area contributed by atoms with Crippen LogP contribution in [-0.4, -0.2) is 38.2 Å². The zero-order valence-corrected chi connectivity index (χ0v) is 13.4. The first kappa shape index (κ1) is 14.9. The number of nitrogens with one attached hydrogen (secondary N) is 1. The van der Waals surface area contributed by atoms with E-state index in [4.69, 9.17) is 4.74 Å². The number of rotatable bonds is 3. The molecule has 116 valence electrons. The second-order valence-electron chi connectivity index (χ2n) is 6.69. The second-order valence-corrected chi connectivity index (χ2v) is 6.69. The van der Waals surface area contributed by atoms with Crippen molar-refractivity contribution in [1.82, 2.24) is 10.2 Å². The van der Waals surface area contributed by atoms with Crippen LogP contribution in [0.15, 0.2) is 18.2 Å². The van der Waals surface area contributed by atoms with Gasteiger partial charge in [-0.3, -0.25) is 0 Å². The first-order chi connectivity index (χ1) is 10.2. The zero-order chi connectivity index (χ0) is 14.7. The van der Waals surface area contributed by atoms with Gasteiger partial charge in [0.05, 0.1) is 6.61 Å². The summed E-state index contributed by atoms with van der Waals surface area (Å²) < 4.78 is 5.97. The molecular weight excluding hydrogens is 260 g/mol. The molecule has 0 radical (unpaired) electrons. The Kier molecular flexibility index (Phi) is 4.81. The van der Waals surface area contributed by atoms with E-state index >= 15 is 0 Å². The van der Waals surface area contributed by atoms with Crippen molar-refractivity contribution < 1.29 is 4.74 Å². The normalized spacial score (nSPS) is 24.2. The van der Waals surface area contributed by atoms with Gasteiger partial charge in [-0.05, 0) is 70.8 Å². The standard InChI is InChI=1S/C18H28N2O/c1-14-5-3-6-16-17(7-4-12-21-18(14)16)19-13-15-8-10-20(2)11-9-15/h3,5-6,15,17,19H,4,7-13H2,1-2H3. The number of likely N-dealkylation sites (tertiary alicyclic amines) is 1. The Balaban J connectivity index is 1.64. The summed E-state index contributed by atoms with van der Waals surface area (Å²) in [4.78, 5) is 2.44. The predicted octanol–water partition coefficient (Wildman–Crippen LogP) is 3.14. The number of hydrogen-bond acceptors (Lipinski definition) is 3. The van der Waals surface area contributed by atoms with Crippen molar-refractivity contribution in [2.24, 2.45) is 5.92 Å². The molecule has 1 unspecified atom stereocenters. The molecule has 1 N–H and O–H groups in total. The van der Waals surface area contributed by atoms with Gasteiger partial charge in [-0.1, -0.05) is 18.2 Å². The van der Waals surface area contributed by atoms with Crippen LogP contribution in [0.1, 0.15) is 42.9 Å². The second kappa shape index (κ2) is 6.80. The van der Waals surface area contributed by atoms with Crippen LogP contribution in [0.4, 0.5) is 0 Å². The number of piperidine rings is 1. The molecule has 0 amide bonds. The lowest BCUT2D eigenvalue weighted by Crippen LogP contribution is -2.36. The van der Waals surface area contributed by atoms with Gasteiger partial charge in [-0.15, -0.1) is 0 Å². The number of fused-ring (bicyclic) bond motifs is 1. The van der Waals surface area contributed by atoms with Gasteiger partial charge >= 0.3 is 0 Å². The number of hydrogen-bond donors (Lipinski definition) is 1. The van der Waals surface area contributed by atoms with Gasteiger partial charge < -0.3 is 15.0 Å².